The van der Waals surface area contributed by atoms with Gasteiger partial charge >= 0.3 is 0 Å². The van der Waals surface area contributed by atoms with Crippen LogP contribution in [-0.2, 0) is 9.47 Å². The first-order chi connectivity index (χ1) is 9.28. The van der Waals surface area contributed by atoms with Crippen LogP contribution in [0.4, 0.5) is 4.39 Å². The maximum atomic E-state index is 13.2. The average Bonchev–Trinajstić information content (AvgIpc) is 2.77. The third kappa shape index (κ3) is 2.25. The van der Waals surface area contributed by atoms with Crippen molar-refractivity contribution < 1.29 is 13.9 Å². The zero-order valence-corrected chi connectivity index (χ0v) is 10.5. The molecule has 3 heteroatoms. The minimum Gasteiger partial charge on any atom is -0.460 e. The molecule has 0 aliphatic carbocycles. The van der Waals surface area contributed by atoms with Gasteiger partial charge in [0.15, 0.2) is 0 Å². The number of methoxy groups -OCH3 is 1. The summed E-state index contributed by atoms with van der Waals surface area (Å²) in [5.74, 6) is 0.442. The Morgan fingerprint density at radius 2 is 2.00 bits per heavy atom. The molecule has 2 nitrogen and oxygen atoms in total. The Balaban J connectivity index is 2.03. The van der Waals surface area contributed by atoms with Crippen LogP contribution in [-0.4, -0.2) is 7.11 Å². The van der Waals surface area contributed by atoms with Crippen molar-refractivity contribution in [1.82, 2.24) is 0 Å². The van der Waals surface area contributed by atoms with Crippen LogP contribution in [0.25, 0.3) is 11.8 Å². The van der Waals surface area contributed by atoms with Crippen molar-refractivity contribution in [2.75, 3.05) is 7.11 Å². The molecule has 19 heavy (non-hydrogen) atoms. The van der Waals surface area contributed by atoms with Crippen LogP contribution in [0.2, 0.25) is 0 Å². The molecule has 0 radical (unpaired) electrons. The van der Waals surface area contributed by atoms with Gasteiger partial charge in [0.05, 0.1) is 0 Å². The summed E-state index contributed by atoms with van der Waals surface area (Å²) < 4.78 is 24.2. The van der Waals surface area contributed by atoms with Crippen molar-refractivity contribution in [3.63, 3.8) is 0 Å². The Hall–Kier alpha value is -2.13. The molecule has 0 aromatic heterocycles. The summed E-state index contributed by atoms with van der Waals surface area (Å²) >= 11 is 0. The smallest absolute Gasteiger partial charge is 0.227 e. The lowest BCUT2D eigenvalue weighted by atomic mass is 10.1. The van der Waals surface area contributed by atoms with Gasteiger partial charge in [0.1, 0.15) is 11.6 Å². The van der Waals surface area contributed by atoms with Crippen molar-refractivity contribution in [3.8, 4) is 0 Å². The van der Waals surface area contributed by atoms with Crippen LogP contribution in [0.3, 0.4) is 0 Å². The van der Waals surface area contributed by atoms with Gasteiger partial charge in [0.2, 0.25) is 6.29 Å². The fourth-order valence-electron chi connectivity index (χ4n) is 2.20. The Morgan fingerprint density at radius 1 is 1.16 bits per heavy atom. The first-order valence-corrected chi connectivity index (χ1v) is 6.04. The van der Waals surface area contributed by atoms with E-state index in [0.717, 1.165) is 16.7 Å². The van der Waals surface area contributed by atoms with Crippen molar-refractivity contribution in [1.29, 1.82) is 0 Å². The summed E-state index contributed by atoms with van der Waals surface area (Å²) in [7, 11) is 1.60. The number of hydrogen-bond donors (Lipinski definition) is 0. The molecule has 0 spiro atoms. The highest BCUT2D eigenvalue weighted by Gasteiger charge is 2.27. The molecule has 1 unspecified atom stereocenters. The van der Waals surface area contributed by atoms with Gasteiger partial charge in [-0.2, -0.15) is 0 Å². The van der Waals surface area contributed by atoms with Crippen molar-refractivity contribution in [3.05, 3.63) is 71.0 Å². The minimum absolute atomic E-state index is 0.260. The molecule has 0 saturated heterocycles. The predicted octanol–water partition coefficient (Wildman–Crippen LogP) is 4.00. The molecule has 1 aliphatic rings. The Labute approximate surface area is 111 Å². The standard InChI is InChI=1S/C16H13FO2/c1-18-16-14-8-3-2-7-13(14)15(19-16)10-11-5-4-6-12(17)9-11/h2-10,16H,1H3/b15-10-. The van der Waals surface area contributed by atoms with Gasteiger partial charge in [-0.1, -0.05) is 36.4 Å². The molecule has 0 bridgehead atoms. The Morgan fingerprint density at radius 3 is 2.79 bits per heavy atom. The molecule has 1 atom stereocenters. The van der Waals surface area contributed by atoms with Gasteiger partial charge in [0, 0.05) is 18.2 Å². The molecule has 96 valence electrons. The average molecular weight is 256 g/mol. The van der Waals surface area contributed by atoms with Crippen molar-refractivity contribution in [2.45, 2.75) is 6.29 Å². The summed E-state index contributed by atoms with van der Waals surface area (Å²) in [5, 5.41) is 0. The monoisotopic (exact) mass is 256 g/mol. The normalized spacial score (nSPS) is 19.3. The van der Waals surface area contributed by atoms with Crippen molar-refractivity contribution >= 4 is 11.8 Å². The van der Waals surface area contributed by atoms with Crippen LogP contribution in [0.5, 0.6) is 0 Å². The SMILES string of the molecule is COC1O/C(=C\c2cccc(F)c2)c2ccccc21. The van der Waals surface area contributed by atoms with Crippen LogP contribution in [0.1, 0.15) is 23.0 Å². The first-order valence-electron chi connectivity index (χ1n) is 6.04. The van der Waals surface area contributed by atoms with Crippen LogP contribution < -0.4 is 0 Å². The third-order valence-electron chi connectivity index (χ3n) is 3.07. The van der Waals surface area contributed by atoms with Crippen LogP contribution in [0, 0.1) is 5.82 Å². The summed E-state index contributed by atoms with van der Waals surface area (Å²) in [4.78, 5) is 0. The lowest BCUT2D eigenvalue weighted by Crippen LogP contribution is -1.96. The molecular weight excluding hydrogens is 243 g/mol. The predicted molar refractivity (Wildman–Crippen MR) is 71.5 cm³/mol. The zero-order valence-electron chi connectivity index (χ0n) is 10.5. The highest BCUT2D eigenvalue weighted by atomic mass is 19.1. The minimum atomic E-state index is -0.393. The van der Waals surface area contributed by atoms with E-state index in [1.54, 1.807) is 13.2 Å². The zero-order chi connectivity index (χ0) is 13.2. The van der Waals surface area contributed by atoms with Crippen LogP contribution >= 0.6 is 0 Å². The van der Waals surface area contributed by atoms with E-state index >= 15 is 0 Å². The van der Waals surface area contributed by atoms with Gasteiger partial charge in [0.25, 0.3) is 0 Å². The Kier molecular flexibility index (Phi) is 3.05. The fraction of sp³-hybridized carbons (Fsp3) is 0.125. The number of hydrogen-bond acceptors (Lipinski definition) is 2. The molecule has 3 rings (SSSR count). The van der Waals surface area contributed by atoms with Gasteiger partial charge in [-0.15, -0.1) is 0 Å². The number of ether oxygens (including phenoxy) is 2. The quantitative estimate of drug-likeness (QED) is 0.808. The molecule has 1 heterocycles. The first kappa shape index (κ1) is 11.9. The maximum Gasteiger partial charge on any atom is 0.227 e. The van der Waals surface area contributed by atoms with E-state index in [-0.39, 0.29) is 5.82 Å². The van der Waals surface area contributed by atoms with Gasteiger partial charge in [-0.25, -0.2) is 4.39 Å². The van der Waals surface area contributed by atoms with E-state index in [4.69, 9.17) is 9.47 Å². The molecule has 0 amide bonds. The highest BCUT2D eigenvalue weighted by Crippen LogP contribution is 2.39. The van der Waals surface area contributed by atoms with E-state index in [1.807, 2.05) is 36.4 Å². The molecule has 0 N–H and O–H groups in total. The highest BCUT2D eigenvalue weighted by molar-refractivity contribution is 5.80. The van der Waals surface area contributed by atoms with E-state index < -0.39 is 6.29 Å². The molecule has 2 aromatic rings. The van der Waals surface area contributed by atoms with E-state index in [2.05, 4.69) is 0 Å². The molecule has 1 aliphatic heterocycles. The van der Waals surface area contributed by atoms with Gasteiger partial charge < -0.3 is 9.47 Å². The second-order valence-corrected chi connectivity index (χ2v) is 4.34. The van der Waals surface area contributed by atoms with E-state index in [0.29, 0.717) is 5.76 Å². The number of halogens is 1. The summed E-state index contributed by atoms with van der Waals surface area (Å²) in [5.41, 5.74) is 2.74. The van der Waals surface area contributed by atoms with Crippen molar-refractivity contribution in [2.24, 2.45) is 0 Å². The second-order valence-electron chi connectivity index (χ2n) is 4.34. The Bertz CT molecular complexity index is 634. The lowest BCUT2D eigenvalue weighted by molar-refractivity contribution is -0.0644. The van der Waals surface area contributed by atoms with Crippen LogP contribution in [0.15, 0.2) is 48.5 Å². The topological polar surface area (TPSA) is 18.5 Å². The van der Waals surface area contributed by atoms with Gasteiger partial charge in [-0.05, 0) is 23.8 Å². The summed E-state index contributed by atoms with van der Waals surface area (Å²) in [6.45, 7) is 0. The molecule has 0 fully saturated rings. The number of benzene rings is 2. The molecular formula is C16H13FO2. The maximum absolute atomic E-state index is 13.2. The summed E-state index contributed by atoms with van der Waals surface area (Å²) in [6, 6.07) is 14.2. The molecule has 2 aromatic carbocycles. The summed E-state index contributed by atoms with van der Waals surface area (Å²) in [6.07, 6.45) is 1.43. The number of fused-ring (bicyclic) bond motifs is 1. The van der Waals surface area contributed by atoms with E-state index in [1.165, 1.54) is 12.1 Å². The second kappa shape index (κ2) is 4.86. The number of rotatable bonds is 2. The largest absolute Gasteiger partial charge is 0.460 e. The molecule has 0 saturated carbocycles. The fourth-order valence-corrected chi connectivity index (χ4v) is 2.20. The third-order valence-corrected chi connectivity index (χ3v) is 3.07. The van der Waals surface area contributed by atoms with E-state index in [9.17, 15) is 4.39 Å². The lowest BCUT2D eigenvalue weighted by Gasteiger charge is -2.08. The van der Waals surface area contributed by atoms with Gasteiger partial charge in [-0.3, -0.25) is 0 Å².